The second-order valence-electron chi connectivity index (χ2n) is 14.4. The summed E-state index contributed by atoms with van der Waals surface area (Å²) in [6, 6.07) is 67.8. The molecule has 254 valence electrons. The van der Waals surface area contributed by atoms with E-state index >= 15 is 0 Å². The fraction of sp³-hybridized carbons (Fsp3) is 0.0392. The van der Waals surface area contributed by atoms with Crippen molar-refractivity contribution < 1.29 is 4.79 Å². The molecule has 0 atom stereocenters. The highest BCUT2D eigenvalue weighted by Crippen LogP contribution is 2.64. The lowest BCUT2D eigenvalue weighted by Gasteiger charge is -2.49. The first-order valence-electron chi connectivity index (χ1n) is 18.5. The summed E-state index contributed by atoms with van der Waals surface area (Å²) < 4.78 is 0. The molecular formula is C51H33NOS. The van der Waals surface area contributed by atoms with Gasteiger partial charge in [-0.3, -0.25) is 9.69 Å². The molecule has 8 aromatic rings. The number of fused-ring (bicyclic) bond motifs is 10. The summed E-state index contributed by atoms with van der Waals surface area (Å²) in [6.45, 7) is 0. The van der Waals surface area contributed by atoms with Crippen LogP contribution in [0.15, 0.2) is 198 Å². The van der Waals surface area contributed by atoms with E-state index in [2.05, 4.69) is 188 Å². The standard InChI is InChI=1S/C51H33NOS/c53-49-32-39-24-23-36(33-13-4-1-5-14-33)29-41(39)40-19-12-21-43-50(40)52(49)46-22-11-10-20-42(46)51(43)44-30-37(34-15-6-2-7-16-34)25-27-47(44)54-48-28-26-38(31-45(48)51)35-17-8-3-9-18-35/h1-31H,32H2. The van der Waals surface area contributed by atoms with E-state index in [-0.39, 0.29) is 5.91 Å². The summed E-state index contributed by atoms with van der Waals surface area (Å²) in [4.78, 5) is 19.3. The second-order valence-corrected chi connectivity index (χ2v) is 15.5. The van der Waals surface area contributed by atoms with Crippen molar-refractivity contribution in [2.24, 2.45) is 0 Å². The molecule has 0 unspecified atom stereocenters. The highest BCUT2D eigenvalue weighted by atomic mass is 32.2. The number of hydrogen-bond acceptors (Lipinski definition) is 2. The second kappa shape index (κ2) is 12.1. The molecule has 54 heavy (non-hydrogen) atoms. The van der Waals surface area contributed by atoms with E-state index in [4.69, 9.17) is 0 Å². The smallest absolute Gasteiger partial charge is 0.236 e. The Hall–Kier alpha value is -6.42. The van der Waals surface area contributed by atoms with Crippen molar-refractivity contribution in [1.82, 2.24) is 0 Å². The minimum atomic E-state index is -0.717. The number of nitrogens with zero attached hydrogens (tertiary/aromatic N) is 1. The molecule has 1 amide bonds. The van der Waals surface area contributed by atoms with Crippen LogP contribution in [0.2, 0.25) is 0 Å². The summed E-state index contributed by atoms with van der Waals surface area (Å²) in [5.41, 5.74) is 16.2. The van der Waals surface area contributed by atoms with Gasteiger partial charge >= 0.3 is 0 Å². The Morgan fingerprint density at radius 1 is 0.426 bits per heavy atom. The molecule has 2 nitrogen and oxygen atoms in total. The first kappa shape index (κ1) is 31.1. The van der Waals surface area contributed by atoms with Crippen molar-refractivity contribution in [3.8, 4) is 44.5 Å². The largest absolute Gasteiger partial charge is 0.279 e. The molecule has 0 saturated heterocycles. The number of para-hydroxylation sites is 2. The van der Waals surface area contributed by atoms with Crippen LogP contribution >= 0.6 is 11.8 Å². The molecule has 3 aliphatic rings. The van der Waals surface area contributed by atoms with Gasteiger partial charge in [0, 0.05) is 15.4 Å². The van der Waals surface area contributed by atoms with Gasteiger partial charge in [-0.2, -0.15) is 0 Å². The van der Waals surface area contributed by atoms with Crippen molar-refractivity contribution in [3.63, 3.8) is 0 Å². The van der Waals surface area contributed by atoms with E-state index in [9.17, 15) is 4.79 Å². The van der Waals surface area contributed by atoms with Gasteiger partial charge < -0.3 is 0 Å². The molecule has 0 N–H and O–H groups in total. The zero-order valence-electron chi connectivity index (χ0n) is 29.4. The maximum atomic E-state index is 14.8. The normalized spacial score (nSPS) is 14.3. The molecule has 0 aliphatic carbocycles. The van der Waals surface area contributed by atoms with Crippen molar-refractivity contribution in [2.75, 3.05) is 4.90 Å². The van der Waals surface area contributed by atoms with Crippen LogP contribution in [0, 0.1) is 0 Å². The van der Waals surface area contributed by atoms with Crippen LogP contribution in [-0.4, -0.2) is 5.91 Å². The van der Waals surface area contributed by atoms with E-state index < -0.39 is 5.41 Å². The maximum Gasteiger partial charge on any atom is 0.236 e. The first-order chi connectivity index (χ1) is 26.7. The topological polar surface area (TPSA) is 20.3 Å². The Labute approximate surface area is 319 Å². The van der Waals surface area contributed by atoms with Gasteiger partial charge in [0.05, 0.1) is 23.2 Å². The Bertz CT molecular complexity index is 2700. The van der Waals surface area contributed by atoms with E-state index in [0.29, 0.717) is 6.42 Å². The van der Waals surface area contributed by atoms with Crippen LogP contribution in [0.3, 0.4) is 0 Å². The fourth-order valence-corrected chi connectivity index (χ4v) is 10.3. The number of anilines is 2. The number of hydrogen-bond donors (Lipinski definition) is 0. The highest BCUT2D eigenvalue weighted by molar-refractivity contribution is 7.99. The van der Waals surface area contributed by atoms with Crippen LogP contribution in [0.1, 0.15) is 27.8 Å². The summed E-state index contributed by atoms with van der Waals surface area (Å²) >= 11 is 1.84. The minimum absolute atomic E-state index is 0.0823. The Balaban J connectivity index is 1.27. The third-order valence-electron chi connectivity index (χ3n) is 11.5. The number of amides is 1. The van der Waals surface area contributed by atoms with Gasteiger partial charge in [0.2, 0.25) is 5.91 Å². The van der Waals surface area contributed by atoms with Gasteiger partial charge in [0.1, 0.15) is 0 Å². The van der Waals surface area contributed by atoms with Gasteiger partial charge in [-0.05, 0) is 103 Å². The molecule has 0 bridgehead atoms. The summed E-state index contributed by atoms with van der Waals surface area (Å²) in [5.74, 6) is 0.0823. The molecule has 8 aromatic carbocycles. The molecule has 0 radical (unpaired) electrons. The predicted octanol–water partition coefficient (Wildman–Crippen LogP) is 12.7. The molecule has 3 heteroatoms. The number of carbonyl (C=O) groups excluding carboxylic acids is 1. The van der Waals surface area contributed by atoms with Crippen LogP contribution in [0.4, 0.5) is 11.4 Å². The SMILES string of the molecule is O=C1Cc2ccc(-c3ccccc3)cc2-c2cccc3c2N1c1ccccc1C31c2cc(-c3ccccc3)ccc2Sc2ccc(-c3ccccc3)cc21. The van der Waals surface area contributed by atoms with Crippen molar-refractivity contribution in [1.29, 1.82) is 0 Å². The van der Waals surface area contributed by atoms with E-state index in [1.54, 1.807) is 0 Å². The summed E-state index contributed by atoms with van der Waals surface area (Å²) in [6.07, 6.45) is 0.319. The van der Waals surface area contributed by atoms with Crippen molar-refractivity contribution >= 4 is 29.0 Å². The molecule has 3 heterocycles. The quantitative estimate of drug-likeness (QED) is 0.182. The summed E-state index contributed by atoms with van der Waals surface area (Å²) in [7, 11) is 0. The van der Waals surface area contributed by atoms with Gasteiger partial charge in [-0.1, -0.05) is 163 Å². The average molecular weight is 708 g/mol. The molecule has 0 fully saturated rings. The van der Waals surface area contributed by atoms with Gasteiger partial charge in [-0.15, -0.1) is 0 Å². The average Bonchev–Trinajstić information content (AvgIpc) is 3.36. The number of carbonyl (C=O) groups is 1. The number of benzene rings is 8. The lowest BCUT2D eigenvalue weighted by Crippen LogP contribution is -2.42. The van der Waals surface area contributed by atoms with Gasteiger partial charge in [-0.25, -0.2) is 0 Å². The molecule has 1 spiro atoms. The van der Waals surface area contributed by atoms with Crippen molar-refractivity contribution in [2.45, 2.75) is 21.6 Å². The lowest BCUT2D eigenvalue weighted by atomic mass is 9.61. The highest BCUT2D eigenvalue weighted by Gasteiger charge is 2.52. The molecule has 0 saturated carbocycles. The van der Waals surface area contributed by atoms with Crippen LogP contribution < -0.4 is 4.90 Å². The van der Waals surface area contributed by atoms with E-state index in [0.717, 1.165) is 50.3 Å². The Morgan fingerprint density at radius 2 is 0.944 bits per heavy atom. The monoisotopic (exact) mass is 707 g/mol. The molecule has 3 aliphatic heterocycles. The fourth-order valence-electron chi connectivity index (χ4n) is 9.14. The van der Waals surface area contributed by atoms with Crippen LogP contribution in [-0.2, 0) is 16.6 Å². The van der Waals surface area contributed by atoms with Gasteiger partial charge in [0.25, 0.3) is 0 Å². The van der Waals surface area contributed by atoms with Crippen LogP contribution in [0.25, 0.3) is 44.5 Å². The molecule has 11 rings (SSSR count). The van der Waals surface area contributed by atoms with E-state index in [1.165, 1.54) is 43.2 Å². The van der Waals surface area contributed by atoms with Crippen molar-refractivity contribution in [3.05, 3.63) is 216 Å². The third kappa shape index (κ3) is 4.52. The third-order valence-corrected chi connectivity index (χ3v) is 12.7. The molecule has 0 aromatic heterocycles. The van der Waals surface area contributed by atoms with Gasteiger partial charge in [0.15, 0.2) is 0 Å². The maximum absolute atomic E-state index is 14.8. The van der Waals surface area contributed by atoms with Crippen LogP contribution in [0.5, 0.6) is 0 Å². The predicted molar refractivity (Wildman–Crippen MR) is 221 cm³/mol. The Morgan fingerprint density at radius 3 is 1.56 bits per heavy atom. The first-order valence-corrected chi connectivity index (χ1v) is 19.3. The minimum Gasteiger partial charge on any atom is -0.279 e. The summed E-state index contributed by atoms with van der Waals surface area (Å²) in [5, 5.41) is 0. The Kier molecular flexibility index (Phi) is 6.95. The lowest BCUT2D eigenvalue weighted by molar-refractivity contribution is -0.117. The zero-order valence-corrected chi connectivity index (χ0v) is 30.2. The molecular weight excluding hydrogens is 675 g/mol. The number of rotatable bonds is 3. The van der Waals surface area contributed by atoms with E-state index in [1.807, 2.05) is 16.7 Å². The zero-order chi connectivity index (χ0) is 35.8.